The van der Waals surface area contributed by atoms with Crippen LogP contribution in [0.25, 0.3) is 0 Å². The van der Waals surface area contributed by atoms with Crippen molar-refractivity contribution in [1.29, 1.82) is 0 Å². The Morgan fingerprint density at radius 1 is 1.14 bits per heavy atom. The third kappa shape index (κ3) is 4.95. The lowest BCUT2D eigenvalue weighted by atomic mass is 10.1. The molecule has 2 aromatic carbocycles. The molecule has 0 spiro atoms. The van der Waals surface area contributed by atoms with E-state index in [4.69, 9.17) is 0 Å². The van der Waals surface area contributed by atoms with Gasteiger partial charge in [0.25, 0.3) is 5.91 Å². The third-order valence-electron chi connectivity index (χ3n) is 5.30. The average molecular weight is 413 g/mol. The standard InChI is InChI=1S/C23H28N2O3S/c1-3-16-24(18-20-10-5-4-6-11-20)23(26)21-12-14-22(15-13-21)29(27,28)25-17-8-7-9-19(25)2/h3-6,10-15,19H,1,7-9,16-18H2,2H3. The normalized spacial score (nSPS) is 17.6. The van der Waals surface area contributed by atoms with Crippen LogP contribution < -0.4 is 0 Å². The minimum Gasteiger partial charge on any atom is -0.331 e. The van der Waals surface area contributed by atoms with Crippen LogP contribution in [-0.2, 0) is 16.6 Å². The molecule has 6 heteroatoms. The minimum atomic E-state index is -3.54. The van der Waals surface area contributed by atoms with Gasteiger partial charge in [-0.2, -0.15) is 4.31 Å². The van der Waals surface area contributed by atoms with E-state index in [0.717, 1.165) is 24.8 Å². The molecule has 0 bridgehead atoms. The van der Waals surface area contributed by atoms with E-state index in [1.165, 1.54) is 0 Å². The van der Waals surface area contributed by atoms with Crippen LogP contribution >= 0.6 is 0 Å². The van der Waals surface area contributed by atoms with E-state index in [2.05, 4.69) is 6.58 Å². The molecule has 1 saturated heterocycles. The molecule has 154 valence electrons. The predicted molar refractivity (Wildman–Crippen MR) is 115 cm³/mol. The van der Waals surface area contributed by atoms with Gasteiger partial charge in [0, 0.05) is 31.2 Å². The molecule has 1 unspecified atom stereocenters. The number of sulfonamides is 1. The van der Waals surface area contributed by atoms with Crippen LogP contribution in [0.3, 0.4) is 0 Å². The third-order valence-corrected chi connectivity index (χ3v) is 7.33. The van der Waals surface area contributed by atoms with E-state index < -0.39 is 10.0 Å². The Balaban J connectivity index is 1.78. The highest BCUT2D eigenvalue weighted by molar-refractivity contribution is 7.89. The van der Waals surface area contributed by atoms with Crippen LogP contribution in [-0.4, -0.2) is 42.7 Å². The summed E-state index contributed by atoms with van der Waals surface area (Å²) in [6.45, 7) is 7.13. The van der Waals surface area contributed by atoms with Crippen molar-refractivity contribution >= 4 is 15.9 Å². The molecule has 29 heavy (non-hydrogen) atoms. The Morgan fingerprint density at radius 3 is 2.45 bits per heavy atom. The second-order valence-corrected chi connectivity index (χ2v) is 9.34. The van der Waals surface area contributed by atoms with Crippen LogP contribution in [0.5, 0.6) is 0 Å². The van der Waals surface area contributed by atoms with Crippen LogP contribution in [0.1, 0.15) is 42.1 Å². The fraction of sp³-hybridized carbons (Fsp3) is 0.348. The van der Waals surface area contributed by atoms with Crippen LogP contribution in [0, 0.1) is 0 Å². The molecule has 1 aliphatic rings. The maximum Gasteiger partial charge on any atom is 0.254 e. The lowest BCUT2D eigenvalue weighted by Gasteiger charge is -2.32. The van der Waals surface area contributed by atoms with Gasteiger partial charge in [-0.15, -0.1) is 6.58 Å². The average Bonchev–Trinajstić information content (AvgIpc) is 2.74. The van der Waals surface area contributed by atoms with Gasteiger partial charge < -0.3 is 4.90 Å². The molecule has 0 saturated carbocycles. The first-order valence-electron chi connectivity index (χ1n) is 9.99. The second kappa shape index (κ2) is 9.37. The maximum atomic E-state index is 13.0. The van der Waals surface area contributed by atoms with E-state index in [1.807, 2.05) is 37.3 Å². The topological polar surface area (TPSA) is 57.7 Å². The SMILES string of the molecule is C=CCN(Cc1ccccc1)C(=O)c1ccc(S(=O)(=O)N2CCCCC2C)cc1. The van der Waals surface area contributed by atoms with E-state index in [1.54, 1.807) is 39.5 Å². The summed E-state index contributed by atoms with van der Waals surface area (Å²) in [5.74, 6) is -0.149. The molecule has 1 heterocycles. The van der Waals surface area contributed by atoms with Crippen molar-refractivity contribution in [1.82, 2.24) is 9.21 Å². The van der Waals surface area contributed by atoms with Gasteiger partial charge in [-0.25, -0.2) is 8.42 Å². The Bertz CT molecular complexity index is 940. The molecule has 2 aromatic rings. The number of nitrogens with zero attached hydrogens (tertiary/aromatic N) is 2. The van der Waals surface area contributed by atoms with E-state index >= 15 is 0 Å². The monoisotopic (exact) mass is 412 g/mol. The first-order valence-corrected chi connectivity index (χ1v) is 11.4. The van der Waals surface area contributed by atoms with Gasteiger partial charge in [0.1, 0.15) is 0 Å². The summed E-state index contributed by atoms with van der Waals surface area (Å²) in [4.78, 5) is 14.9. The van der Waals surface area contributed by atoms with Gasteiger partial charge in [-0.05, 0) is 49.6 Å². The molecule has 0 N–H and O–H groups in total. The van der Waals surface area contributed by atoms with Crippen LogP contribution in [0.15, 0.2) is 72.1 Å². The van der Waals surface area contributed by atoms with Crippen LogP contribution in [0.2, 0.25) is 0 Å². The highest BCUT2D eigenvalue weighted by Gasteiger charge is 2.31. The lowest BCUT2D eigenvalue weighted by molar-refractivity contribution is 0.0762. The smallest absolute Gasteiger partial charge is 0.254 e. The summed E-state index contributed by atoms with van der Waals surface area (Å²) in [5.41, 5.74) is 1.49. The summed E-state index contributed by atoms with van der Waals surface area (Å²) in [6.07, 6.45) is 4.51. The van der Waals surface area contributed by atoms with Crippen molar-refractivity contribution in [2.45, 2.75) is 43.7 Å². The summed E-state index contributed by atoms with van der Waals surface area (Å²) < 4.78 is 27.5. The van der Waals surface area contributed by atoms with Gasteiger partial charge in [0.15, 0.2) is 0 Å². The maximum absolute atomic E-state index is 13.0. The Hall–Kier alpha value is -2.44. The number of carbonyl (C=O) groups is 1. The molecule has 0 aliphatic carbocycles. The Labute approximate surface area is 173 Å². The van der Waals surface area contributed by atoms with Crippen LogP contribution in [0.4, 0.5) is 0 Å². The molecular formula is C23H28N2O3S. The number of benzene rings is 2. The van der Waals surface area contributed by atoms with Crippen molar-refractivity contribution in [2.75, 3.05) is 13.1 Å². The number of hydrogen-bond acceptors (Lipinski definition) is 3. The second-order valence-electron chi connectivity index (χ2n) is 7.44. The Morgan fingerprint density at radius 2 is 1.83 bits per heavy atom. The molecule has 1 fully saturated rings. The van der Waals surface area contributed by atoms with Crippen molar-refractivity contribution in [3.05, 3.63) is 78.4 Å². The number of amides is 1. The number of piperidine rings is 1. The van der Waals surface area contributed by atoms with Crippen molar-refractivity contribution in [3.63, 3.8) is 0 Å². The lowest BCUT2D eigenvalue weighted by Crippen LogP contribution is -2.41. The molecule has 0 aromatic heterocycles. The summed E-state index contributed by atoms with van der Waals surface area (Å²) >= 11 is 0. The first-order chi connectivity index (χ1) is 13.9. The van der Waals surface area contributed by atoms with Crippen molar-refractivity contribution < 1.29 is 13.2 Å². The highest BCUT2D eigenvalue weighted by Crippen LogP contribution is 2.25. The number of carbonyl (C=O) groups excluding carboxylic acids is 1. The van der Waals surface area contributed by atoms with Gasteiger partial charge in [-0.1, -0.05) is 42.8 Å². The summed E-state index contributed by atoms with van der Waals surface area (Å²) in [6, 6.07) is 16.0. The minimum absolute atomic E-state index is 0.00372. The largest absolute Gasteiger partial charge is 0.331 e. The predicted octanol–water partition coefficient (Wildman–Crippen LogP) is 4.08. The summed E-state index contributed by atoms with van der Waals surface area (Å²) in [5, 5.41) is 0. The van der Waals surface area contributed by atoms with Gasteiger partial charge in [0.05, 0.1) is 4.90 Å². The highest BCUT2D eigenvalue weighted by atomic mass is 32.2. The Kier molecular flexibility index (Phi) is 6.87. The quantitative estimate of drug-likeness (QED) is 0.644. The molecular weight excluding hydrogens is 384 g/mol. The number of rotatable bonds is 7. The van der Waals surface area contributed by atoms with Gasteiger partial charge in [0.2, 0.25) is 10.0 Å². The zero-order valence-corrected chi connectivity index (χ0v) is 17.6. The van der Waals surface area contributed by atoms with Gasteiger partial charge >= 0.3 is 0 Å². The molecule has 0 radical (unpaired) electrons. The van der Waals surface area contributed by atoms with E-state index in [0.29, 0.717) is 25.2 Å². The molecule has 1 aliphatic heterocycles. The van der Waals surface area contributed by atoms with E-state index in [-0.39, 0.29) is 16.8 Å². The molecule has 1 amide bonds. The number of hydrogen-bond donors (Lipinski definition) is 0. The molecule has 3 rings (SSSR count). The molecule has 1 atom stereocenters. The molecule has 5 nitrogen and oxygen atoms in total. The zero-order chi connectivity index (χ0) is 20.9. The summed E-state index contributed by atoms with van der Waals surface area (Å²) in [7, 11) is -3.54. The van der Waals surface area contributed by atoms with E-state index in [9.17, 15) is 13.2 Å². The van der Waals surface area contributed by atoms with Gasteiger partial charge in [-0.3, -0.25) is 4.79 Å². The fourth-order valence-electron chi connectivity index (χ4n) is 3.70. The first kappa shape index (κ1) is 21.3. The zero-order valence-electron chi connectivity index (χ0n) is 16.8. The van der Waals surface area contributed by atoms with Crippen molar-refractivity contribution in [2.24, 2.45) is 0 Å². The van der Waals surface area contributed by atoms with Crippen molar-refractivity contribution in [3.8, 4) is 0 Å². The fourth-order valence-corrected chi connectivity index (χ4v) is 5.39.